The van der Waals surface area contributed by atoms with Crippen LogP contribution in [-0.2, 0) is 0 Å². The molecule has 1 nitrogen and oxygen atoms in total. The molecule has 0 radical (unpaired) electrons. The van der Waals surface area contributed by atoms with Crippen LogP contribution in [0.1, 0.15) is 50.0 Å². The fourth-order valence-electron chi connectivity index (χ4n) is 1.79. The second-order valence-electron chi connectivity index (χ2n) is 4.20. The van der Waals surface area contributed by atoms with E-state index in [0.29, 0.717) is 5.02 Å². The molecule has 0 saturated heterocycles. The second-order valence-corrected chi connectivity index (χ2v) is 5.14. The van der Waals surface area contributed by atoms with E-state index in [0.717, 1.165) is 24.2 Å². The van der Waals surface area contributed by atoms with Gasteiger partial charge in [0.1, 0.15) is 5.75 Å². The SMILES string of the molecule is CCCCCCC(Cl)c1ccc(OC)cc1Cl. The largest absolute Gasteiger partial charge is 0.497 e. The fraction of sp³-hybridized carbons (Fsp3) is 0.571. The van der Waals surface area contributed by atoms with E-state index < -0.39 is 0 Å². The minimum atomic E-state index is 0.00487. The molecule has 3 heteroatoms. The molecule has 0 aliphatic heterocycles. The van der Waals surface area contributed by atoms with Crippen LogP contribution in [0.4, 0.5) is 0 Å². The first-order valence-corrected chi connectivity index (χ1v) is 6.98. The molecule has 17 heavy (non-hydrogen) atoms. The summed E-state index contributed by atoms with van der Waals surface area (Å²) in [5.74, 6) is 0.772. The first kappa shape index (κ1) is 14.7. The van der Waals surface area contributed by atoms with E-state index in [2.05, 4.69) is 6.92 Å². The number of rotatable bonds is 7. The van der Waals surface area contributed by atoms with Gasteiger partial charge in [0.25, 0.3) is 0 Å². The Morgan fingerprint density at radius 2 is 2.00 bits per heavy atom. The molecule has 0 bridgehead atoms. The maximum absolute atomic E-state index is 6.36. The topological polar surface area (TPSA) is 9.23 Å². The van der Waals surface area contributed by atoms with Gasteiger partial charge in [-0.05, 0) is 24.1 Å². The highest BCUT2D eigenvalue weighted by Gasteiger charge is 2.12. The van der Waals surface area contributed by atoms with E-state index in [4.69, 9.17) is 27.9 Å². The zero-order chi connectivity index (χ0) is 12.7. The normalized spacial score (nSPS) is 12.5. The van der Waals surface area contributed by atoms with Crippen LogP contribution in [0.2, 0.25) is 5.02 Å². The summed E-state index contributed by atoms with van der Waals surface area (Å²) >= 11 is 12.5. The van der Waals surface area contributed by atoms with Crippen LogP contribution < -0.4 is 4.74 Å². The Hall–Kier alpha value is -0.400. The summed E-state index contributed by atoms with van der Waals surface area (Å²) in [6.07, 6.45) is 5.90. The van der Waals surface area contributed by atoms with Crippen molar-refractivity contribution < 1.29 is 4.74 Å². The van der Waals surface area contributed by atoms with Crippen molar-refractivity contribution in [2.45, 2.75) is 44.4 Å². The van der Waals surface area contributed by atoms with Crippen molar-refractivity contribution in [3.05, 3.63) is 28.8 Å². The first-order valence-electron chi connectivity index (χ1n) is 6.16. The molecule has 1 atom stereocenters. The third-order valence-electron chi connectivity index (χ3n) is 2.86. The van der Waals surface area contributed by atoms with Gasteiger partial charge in [0.15, 0.2) is 0 Å². The minimum absolute atomic E-state index is 0.00487. The number of methoxy groups -OCH3 is 1. The Bertz CT molecular complexity index is 339. The Labute approximate surface area is 114 Å². The number of halogens is 2. The molecular weight excluding hydrogens is 255 g/mol. The standard InChI is InChI=1S/C14H20Cl2O/c1-3-4-5-6-7-13(15)12-9-8-11(17-2)10-14(12)16/h8-10,13H,3-7H2,1-2H3. The Morgan fingerprint density at radius 3 is 2.59 bits per heavy atom. The van der Waals surface area contributed by atoms with Crippen LogP contribution in [0.15, 0.2) is 18.2 Å². The van der Waals surface area contributed by atoms with Gasteiger partial charge >= 0.3 is 0 Å². The van der Waals surface area contributed by atoms with Gasteiger partial charge in [-0.2, -0.15) is 0 Å². The summed E-state index contributed by atoms with van der Waals surface area (Å²) in [7, 11) is 1.63. The number of ether oxygens (including phenoxy) is 1. The molecule has 0 heterocycles. The van der Waals surface area contributed by atoms with Crippen LogP contribution in [0.3, 0.4) is 0 Å². The van der Waals surface area contributed by atoms with E-state index in [9.17, 15) is 0 Å². The molecule has 0 N–H and O–H groups in total. The molecule has 96 valence electrons. The predicted molar refractivity (Wildman–Crippen MR) is 75.4 cm³/mol. The average molecular weight is 275 g/mol. The molecule has 0 aliphatic carbocycles. The van der Waals surface area contributed by atoms with Gasteiger partial charge in [-0.25, -0.2) is 0 Å². The molecule has 0 aliphatic rings. The van der Waals surface area contributed by atoms with Crippen molar-refractivity contribution >= 4 is 23.2 Å². The molecule has 1 aromatic carbocycles. The van der Waals surface area contributed by atoms with Gasteiger partial charge < -0.3 is 4.74 Å². The van der Waals surface area contributed by atoms with Crippen molar-refractivity contribution in [1.82, 2.24) is 0 Å². The van der Waals surface area contributed by atoms with Crippen molar-refractivity contribution in [2.24, 2.45) is 0 Å². The third kappa shape index (κ3) is 4.77. The Balaban J connectivity index is 2.53. The van der Waals surface area contributed by atoms with Crippen LogP contribution in [0, 0.1) is 0 Å². The summed E-state index contributed by atoms with van der Waals surface area (Å²) in [5.41, 5.74) is 1.01. The highest BCUT2D eigenvalue weighted by molar-refractivity contribution is 6.32. The number of hydrogen-bond acceptors (Lipinski definition) is 1. The van der Waals surface area contributed by atoms with E-state index in [1.165, 1.54) is 19.3 Å². The molecule has 1 unspecified atom stereocenters. The summed E-state index contributed by atoms with van der Waals surface area (Å²) < 4.78 is 5.12. The van der Waals surface area contributed by atoms with Gasteiger partial charge in [-0.1, -0.05) is 50.3 Å². The molecule has 0 aromatic heterocycles. The van der Waals surface area contributed by atoms with Crippen molar-refractivity contribution in [3.8, 4) is 5.75 Å². The van der Waals surface area contributed by atoms with E-state index in [1.54, 1.807) is 7.11 Å². The highest BCUT2D eigenvalue weighted by Crippen LogP contribution is 2.34. The fourth-order valence-corrected chi connectivity index (χ4v) is 2.50. The monoisotopic (exact) mass is 274 g/mol. The highest BCUT2D eigenvalue weighted by atomic mass is 35.5. The lowest BCUT2D eigenvalue weighted by molar-refractivity contribution is 0.414. The summed E-state index contributed by atoms with van der Waals surface area (Å²) in [4.78, 5) is 0. The number of benzene rings is 1. The average Bonchev–Trinajstić information content (AvgIpc) is 2.34. The van der Waals surface area contributed by atoms with Crippen LogP contribution in [0.25, 0.3) is 0 Å². The summed E-state index contributed by atoms with van der Waals surface area (Å²) in [5, 5.41) is 0.699. The van der Waals surface area contributed by atoms with Crippen molar-refractivity contribution in [3.63, 3.8) is 0 Å². The number of alkyl halides is 1. The molecular formula is C14H20Cl2O. The number of unbranched alkanes of at least 4 members (excludes halogenated alkanes) is 3. The van der Waals surface area contributed by atoms with Crippen LogP contribution >= 0.6 is 23.2 Å². The lowest BCUT2D eigenvalue weighted by Gasteiger charge is -2.12. The smallest absolute Gasteiger partial charge is 0.120 e. The summed E-state index contributed by atoms with van der Waals surface area (Å²) in [6.45, 7) is 2.21. The molecule has 1 aromatic rings. The molecule has 0 amide bonds. The van der Waals surface area contributed by atoms with Gasteiger partial charge in [-0.3, -0.25) is 0 Å². The third-order valence-corrected chi connectivity index (χ3v) is 3.64. The van der Waals surface area contributed by atoms with Gasteiger partial charge in [0.05, 0.1) is 12.5 Å². The first-order chi connectivity index (χ1) is 8.19. The zero-order valence-electron chi connectivity index (χ0n) is 10.5. The van der Waals surface area contributed by atoms with Gasteiger partial charge in [-0.15, -0.1) is 11.6 Å². The summed E-state index contributed by atoms with van der Waals surface area (Å²) in [6, 6.07) is 5.68. The lowest BCUT2D eigenvalue weighted by atomic mass is 10.0. The maximum atomic E-state index is 6.36. The quantitative estimate of drug-likeness (QED) is 0.465. The van der Waals surface area contributed by atoms with Gasteiger partial charge in [0.2, 0.25) is 0 Å². The number of hydrogen-bond donors (Lipinski definition) is 0. The van der Waals surface area contributed by atoms with E-state index >= 15 is 0 Å². The zero-order valence-corrected chi connectivity index (χ0v) is 12.0. The lowest BCUT2D eigenvalue weighted by Crippen LogP contribution is -1.93. The van der Waals surface area contributed by atoms with Crippen molar-refractivity contribution in [1.29, 1.82) is 0 Å². The van der Waals surface area contributed by atoms with Crippen LogP contribution in [-0.4, -0.2) is 7.11 Å². The van der Waals surface area contributed by atoms with E-state index in [1.807, 2.05) is 18.2 Å². The van der Waals surface area contributed by atoms with E-state index in [-0.39, 0.29) is 5.38 Å². The van der Waals surface area contributed by atoms with Crippen LogP contribution in [0.5, 0.6) is 5.75 Å². The molecule has 0 saturated carbocycles. The van der Waals surface area contributed by atoms with Gasteiger partial charge in [0, 0.05) is 5.02 Å². The molecule has 0 fully saturated rings. The molecule has 1 rings (SSSR count). The predicted octanol–water partition coefficient (Wildman–Crippen LogP) is 5.60. The second kappa shape index (κ2) is 7.84. The Morgan fingerprint density at radius 1 is 1.24 bits per heavy atom. The Kier molecular flexibility index (Phi) is 6.76. The minimum Gasteiger partial charge on any atom is -0.497 e. The maximum Gasteiger partial charge on any atom is 0.120 e. The molecule has 0 spiro atoms. The van der Waals surface area contributed by atoms with Crippen molar-refractivity contribution in [2.75, 3.05) is 7.11 Å².